The Morgan fingerprint density at radius 3 is 2.95 bits per heavy atom. The van der Waals surface area contributed by atoms with E-state index >= 15 is 0 Å². The number of anilines is 1. The minimum absolute atomic E-state index is 0.189. The summed E-state index contributed by atoms with van der Waals surface area (Å²) in [6.45, 7) is -0.205. The van der Waals surface area contributed by atoms with Gasteiger partial charge < -0.3 is 15.2 Å². The largest absolute Gasteiger partial charge is 0.495 e. The van der Waals surface area contributed by atoms with Gasteiger partial charge in [0.15, 0.2) is 0 Å². The molecule has 0 aliphatic heterocycles. The van der Waals surface area contributed by atoms with Crippen molar-refractivity contribution in [1.82, 2.24) is 0 Å². The van der Waals surface area contributed by atoms with Crippen molar-refractivity contribution in [1.29, 1.82) is 0 Å². The Morgan fingerprint density at radius 1 is 1.45 bits per heavy atom. The van der Waals surface area contributed by atoms with Crippen LogP contribution in [0.25, 0.3) is 0 Å². The van der Waals surface area contributed by atoms with Gasteiger partial charge in [-0.15, -0.1) is 11.3 Å². The molecule has 0 radical (unpaired) electrons. The van der Waals surface area contributed by atoms with E-state index in [4.69, 9.17) is 9.84 Å². The molecular weight excluding hydrogens is 274 g/mol. The molecule has 1 aromatic heterocycles. The molecule has 2 aromatic rings. The molecule has 0 spiro atoms. The van der Waals surface area contributed by atoms with Crippen molar-refractivity contribution in [2.45, 2.75) is 0 Å². The van der Waals surface area contributed by atoms with Crippen molar-refractivity contribution >= 4 is 22.9 Å². The Balaban J connectivity index is 2.26. The molecule has 0 aliphatic carbocycles. The molecule has 102 valence electrons. The Hall–Kier alpha value is -2.29. The second kappa shape index (κ2) is 6.75. The van der Waals surface area contributed by atoms with Gasteiger partial charge in [-0.1, -0.05) is 17.9 Å². The molecular formula is C15H13NO3S. The highest BCUT2D eigenvalue weighted by Crippen LogP contribution is 2.26. The van der Waals surface area contributed by atoms with Crippen molar-refractivity contribution < 1.29 is 14.6 Å². The van der Waals surface area contributed by atoms with E-state index in [9.17, 15) is 4.79 Å². The summed E-state index contributed by atoms with van der Waals surface area (Å²) in [7, 11) is 1.54. The Morgan fingerprint density at radius 2 is 2.30 bits per heavy atom. The molecule has 2 rings (SSSR count). The number of rotatable bonds is 3. The fourth-order valence-electron chi connectivity index (χ4n) is 1.62. The zero-order valence-corrected chi connectivity index (χ0v) is 11.7. The van der Waals surface area contributed by atoms with Gasteiger partial charge >= 0.3 is 0 Å². The number of aliphatic hydroxyl groups excluding tert-OH is 1. The van der Waals surface area contributed by atoms with Gasteiger partial charge in [0.1, 0.15) is 12.4 Å². The number of nitrogens with one attached hydrogen (secondary N) is 1. The third-order valence-electron chi connectivity index (χ3n) is 2.50. The van der Waals surface area contributed by atoms with Crippen LogP contribution >= 0.6 is 11.3 Å². The fourth-order valence-corrected chi connectivity index (χ4v) is 2.24. The van der Waals surface area contributed by atoms with Crippen LogP contribution in [0.3, 0.4) is 0 Å². The monoisotopic (exact) mass is 287 g/mol. The van der Waals surface area contributed by atoms with Crippen molar-refractivity contribution in [3.63, 3.8) is 0 Å². The second-order valence-electron chi connectivity index (χ2n) is 3.81. The number of methoxy groups -OCH3 is 1. The Bertz CT molecular complexity index is 653. The lowest BCUT2D eigenvalue weighted by atomic mass is 10.2. The van der Waals surface area contributed by atoms with Crippen LogP contribution in [-0.4, -0.2) is 24.7 Å². The minimum Gasteiger partial charge on any atom is -0.495 e. The lowest BCUT2D eigenvalue weighted by molar-refractivity contribution is 0.103. The highest BCUT2D eigenvalue weighted by molar-refractivity contribution is 7.12. The molecule has 0 fully saturated rings. The fraction of sp³-hybridized carbons (Fsp3) is 0.133. The van der Waals surface area contributed by atoms with Crippen LogP contribution < -0.4 is 10.1 Å². The number of hydrogen-bond acceptors (Lipinski definition) is 4. The van der Waals surface area contributed by atoms with E-state index < -0.39 is 0 Å². The maximum absolute atomic E-state index is 12.0. The van der Waals surface area contributed by atoms with E-state index in [2.05, 4.69) is 17.2 Å². The highest BCUT2D eigenvalue weighted by atomic mass is 32.1. The van der Waals surface area contributed by atoms with Gasteiger partial charge in [-0.05, 0) is 29.6 Å². The molecule has 0 unspecified atom stereocenters. The maximum atomic E-state index is 12.0. The quantitative estimate of drug-likeness (QED) is 0.852. The topological polar surface area (TPSA) is 58.6 Å². The van der Waals surface area contributed by atoms with Crippen molar-refractivity contribution in [2.75, 3.05) is 19.0 Å². The van der Waals surface area contributed by atoms with E-state index in [0.717, 1.165) is 0 Å². The molecule has 0 bridgehead atoms. The molecule has 0 aliphatic rings. The Kier molecular flexibility index (Phi) is 4.77. The number of carbonyl (C=O) groups is 1. The summed E-state index contributed by atoms with van der Waals surface area (Å²) < 4.78 is 5.21. The highest BCUT2D eigenvalue weighted by Gasteiger charge is 2.10. The number of aliphatic hydroxyl groups is 1. The molecule has 1 amide bonds. The van der Waals surface area contributed by atoms with Gasteiger partial charge in [0, 0.05) is 5.56 Å². The number of amides is 1. The number of hydrogen-bond donors (Lipinski definition) is 2. The van der Waals surface area contributed by atoms with Gasteiger partial charge in [0.25, 0.3) is 5.91 Å². The van der Waals surface area contributed by atoms with E-state index in [1.807, 2.05) is 11.4 Å². The molecule has 4 nitrogen and oxygen atoms in total. The second-order valence-corrected chi connectivity index (χ2v) is 4.75. The van der Waals surface area contributed by atoms with Crippen molar-refractivity contribution in [2.24, 2.45) is 0 Å². The average molecular weight is 287 g/mol. The number of ether oxygens (including phenoxy) is 1. The first-order valence-electron chi connectivity index (χ1n) is 5.87. The molecule has 0 atom stereocenters. The number of thiophene rings is 1. The number of carbonyl (C=O) groups excluding carboxylic acids is 1. The summed E-state index contributed by atoms with van der Waals surface area (Å²) in [6, 6.07) is 8.78. The molecule has 20 heavy (non-hydrogen) atoms. The third-order valence-corrected chi connectivity index (χ3v) is 3.37. The molecule has 0 saturated carbocycles. The number of benzene rings is 1. The summed E-state index contributed by atoms with van der Waals surface area (Å²) in [4.78, 5) is 12.7. The van der Waals surface area contributed by atoms with E-state index in [1.165, 1.54) is 18.4 Å². The van der Waals surface area contributed by atoms with Crippen LogP contribution in [0.2, 0.25) is 0 Å². The first-order chi connectivity index (χ1) is 9.74. The van der Waals surface area contributed by atoms with Crippen LogP contribution in [0.4, 0.5) is 5.69 Å². The van der Waals surface area contributed by atoms with Crippen molar-refractivity contribution in [3.8, 4) is 17.6 Å². The van der Waals surface area contributed by atoms with Gasteiger partial charge in [-0.3, -0.25) is 4.79 Å². The Labute approximate surface area is 121 Å². The zero-order chi connectivity index (χ0) is 14.4. The summed E-state index contributed by atoms with van der Waals surface area (Å²) in [5, 5.41) is 13.3. The standard InChI is InChI=1S/C15H13NO3S/c1-19-13-7-6-11(4-2-8-17)10-12(13)16-15(18)14-5-3-9-20-14/h3,5-7,9-10,17H,8H2,1H3,(H,16,18). The van der Waals surface area contributed by atoms with E-state index in [-0.39, 0.29) is 12.5 Å². The summed E-state index contributed by atoms with van der Waals surface area (Å²) in [5.41, 5.74) is 1.25. The van der Waals surface area contributed by atoms with Crippen LogP contribution in [0.1, 0.15) is 15.2 Å². The summed E-state index contributed by atoms with van der Waals surface area (Å²) in [5.74, 6) is 5.72. The SMILES string of the molecule is COc1ccc(C#CCO)cc1NC(=O)c1cccs1. The zero-order valence-electron chi connectivity index (χ0n) is 10.8. The average Bonchev–Trinajstić information content (AvgIpc) is 2.99. The van der Waals surface area contributed by atoms with Crippen LogP contribution in [0, 0.1) is 11.8 Å². The third kappa shape index (κ3) is 3.38. The molecule has 0 saturated heterocycles. The van der Waals surface area contributed by atoms with Crippen LogP contribution in [-0.2, 0) is 0 Å². The van der Waals surface area contributed by atoms with Crippen LogP contribution in [0.15, 0.2) is 35.7 Å². The molecule has 1 aromatic carbocycles. The maximum Gasteiger partial charge on any atom is 0.265 e. The minimum atomic E-state index is -0.205. The normalized spacial score (nSPS) is 9.50. The first kappa shape index (κ1) is 14.1. The lowest BCUT2D eigenvalue weighted by Gasteiger charge is -2.09. The first-order valence-corrected chi connectivity index (χ1v) is 6.75. The van der Waals surface area contributed by atoms with Gasteiger partial charge in [0.05, 0.1) is 17.7 Å². The molecule has 5 heteroatoms. The van der Waals surface area contributed by atoms with Gasteiger partial charge in [0.2, 0.25) is 0 Å². The van der Waals surface area contributed by atoms with Crippen LogP contribution in [0.5, 0.6) is 5.75 Å². The van der Waals surface area contributed by atoms with E-state index in [0.29, 0.717) is 21.9 Å². The lowest BCUT2D eigenvalue weighted by Crippen LogP contribution is -2.11. The predicted octanol–water partition coefficient (Wildman–Crippen LogP) is 2.35. The van der Waals surface area contributed by atoms with Crippen molar-refractivity contribution in [3.05, 3.63) is 46.2 Å². The summed E-state index contributed by atoms with van der Waals surface area (Å²) >= 11 is 1.37. The van der Waals surface area contributed by atoms with Gasteiger partial charge in [-0.25, -0.2) is 0 Å². The molecule has 1 heterocycles. The van der Waals surface area contributed by atoms with Gasteiger partial charge in [-0.2, -0.15) is 0 Å². The molecule has 2 N–H and O–H groups in total. The predicted molar refractivity (Wildman–Crippen MR) is 79.2 cm³/mol. The summed E-state index contributed by atoms with van der Waals surface area (Å²) in [6.07, 6.45) is 0. The van der Waals surface area contributed by atoms with E-state index in [1.54, 1.807) is 24.3 Å². The smallest absolute Gasteiger partial charge is 0.265 e.